The standard InChI is InChI=1S/C34H42ClN7O4/c1-34(2,3)46-33(43)42-15-14-41(19-24(42)18-36-4)31-26-12-13-40(29-11-7-9-23-8-6-10-27(35)30(23)29)21-28(26)37-32(38-31)45-22-25-20-39(5)16-17-44-25/h6-11,24-25H,12-22H2,1-3,5H3/t24-,25+/m0/s1. The molecule has 3 aliphatic heterocycles. The zero-order valence-electron chi connectivity index (χ0n) is 27.0. The highest BCUT2D eigenvalue weighted by Crippen LogP contribution is 2.37. The first-order chi connectivity index (χ1) is 22.1. The third-order valence-corrected chi connectivity index (χ3v) is 8.96. The SMILES string of the molecule is [C-]#[N+]C[C@H]1CN(c2nc(OC[C@H]3CN(C)CCO3)nc3c2CCN(c2cccc4cccc(Cl)c24)C3)CCN1C(=O)OC(C)(C)C. The highest BCUT2D eigenvalue weighted by molar-refractivity contribution is 6.36. The molecule has 12 heteroatoms. The molecule has 2 atom stereocenters. The van der Waals surface area contributed by atoms with Crippen molar-refractivity contribution < 1.29 is 19.0 Å². The Kier molecular flexibility index (Phi) is 9.41. The van der Waals surface area contributed by atoms with Crippen LogP contribution in [-0.2, 0) is 22.4 Å². The van der Waals surface area contributed by atoms with Crippen molar-refractivity contribution in [3.05, 3.63) is 64.1 Å². The molecular formula is C34H42ClN7O4. The lowest BCUT2D eigenvalue weighted by molar-refractivity contribution is -0.0417. The number of likely N-dealkylation sites (N-methyl/N-ethyl adjacent to an activating group) is 1. The van der Waals surface area contributed by atoms with Crippen LogP contribution >= 0.6 is 11.6 Å². The van der Waals surface area contributed by atoms with E-state index in [0.717, 1.165) is 64.6 Å². The van der Waals surface area contributed by atoms with Crippen LogP contribution in [0.25, 0.3) is 15.6 Å². The largest absolute Gasteiger partial charge is 0.461 e. The smallest absolute Gasteiger partial charge is 0.410 e. The summed E-state index contributed by atoms with van der Waals surface area (Å²) in [6.45, 7) is 18.8. The van der Waals surface area contributed by atoms with Gasteiger partial charge in [-0.3, -0.25) is 4.90 Å². The summed E-state index contributed by atoms with van der Waals surface area (Å²) in [7, 11) is 2.08. The number of piperazine rings is 1. The van der Waals surface area contributed by atoms with E-state index in [-0.39, 0.29) is 18.7 Å². The first kappa shape index (κ1) is 32.1. The summed E-state index contributed by atoms with van der Waals surface area (Å²) < 4.78 is 17.9. The fraction of sp³-hybridized carbons (Fsp3) is 0.529. The minimum Gasteiger partial charge on any atom is -0.461 e. The van der Waals surface area contributed by atoms with Gasteiger partial charge in [-0.2, -0.15) is 9.97 Å². The van der Waals surface area contributed by atoms with Gasteiger partial charge in [-0.15, -0.1) is 0 Å². The van der Waals surface area contributed by atoms with E-state index in [1.807, 2.05) is 32.9 Å². The Morgan fingerprint density at radius 1 is 1.09 bits per heavy atom. The molecule has 0 unspecified atom stereocenters. The Balaban J connectivity index is 1.31. The van der Waals surface area contributed by atoms with E-state index in [0.29, 0.717) is 45.4 Å². The molecule has 1 amide bonds. The van der Waals surface area contributed by atoms with Gasteiger partial charge < -0.3 is 33.8 Å². The minimum atomic E-state index is -0.619. The van der Waals surface area contributed by atoms with Crippen LogP contribution in [0.1, 0.15) is 32.0 Å². The Labute approximate surface area is 275 Å². The molecule has 3 aromatic rings. The Morgan fingerprint density at radius 2 is 1.89 bits per heavy atom. The molecule has 0 spiro atoms. The second-order valence-electron chi connectivity index (χ2n) is 13.2. The average molecular weight is 648 g/mol. The molecule has 3 aliphatic rings. The molecule has 46 heavy (non-hydrogen) atoms. The molecule has 0 bridgehead atoms. The second-order valence-corrected chi connectivity index (χ2v) is 13.6. The van der Waals surface area contributed by atoms with Gasteiger partial charge in [0, 0.05) is 55.9 Å². The van der Waals surface area contributed by atoms with Crippen molar-refractivity contribution in [3.63, 3.8) is 0 Å². The Morgan fingerprint density at radius 3 is 2.65 bits per heavy atom. The van der Waals surface area contributed by atoms with Gasteiger partial charge in [0.2, 0.25) is 6.54 Å². The molecule has 11 nitrogen and oxygen atoms in total. The van der Waals surface area contributed by atoms with Gasteiger partial charge in [0.15, 0.2) is 0 Å². The number of hydrogen-bond acceptors (Lipinski definition) is 9. The summed E-state index contributed by atoms with van der Waals surface area (Å²) in [4.78, 5) is 35.1. The normalized spacial score (nSPS) is 20.7. The maximum absolute atomic E-state index is 13.1. The summed E-state index contributed by atoms with van der Waals surface area (Å²) in [5.41, 5.74) is 2.41. The summed E-state index contributed by atoms with van der Waals surface area (Å²) in [5, 5.41) is 2.84. The van der Waals surface area contributed by atoms with Crippen molar-refractivity contribution in [1.82, 2.24) is 19.8 Å². The van der Waals surface area contributed by atoms with Crippen LogP contribution in [0.3, 0.4) is 0 Å². The van der Waals surface area contributed by atoms with Crippen molar-refractivity contribution in [2.75, 3.05) is 75.9 Å². The third-order valence-electron chi connectivity index (χ3n) is 8.65. The number of hydrogen-bond donors (Lipinski definition) is 0. The zero-order chi connectivity index (χ0) is 32.4. The van der Waals surface area contributed by atoms with Gasteiger partial charge in [-0.05, 0) is 51.8 Å². The number of benzene rings is 2. The summed E-state index contributed by atoms with van der Waals surface area (Å²) in [6, 6.07) is 12.2. The monoisotopic (exact) mass is 647 g/mol. The molecule has 6 rings (SSSR count). The van der Waals surface area contributed by atoms with E-state index >= 15 is 0 Å². The quantitative estimate of drug-likeness (QED) is 0.347. The number of morpholine rings is 1. The van der Waals surface area contributed by atoms with Gasteiger partial charge in [0.05, 0.1) is 23.9 Å². The molecule has 0 N–H and O–H groups in total. The summed E-state index contributed by atoms with van der Waals surface area (Å²) >= 11 is 6.72. The van der Waals surface area contributed by atoms with Crippen LogP contribution < -0.4 is 14.5 Å². The minimum absolute atomic E-state index is 0.0726. The molecule has 4 heterocycles. The van der Waals surface area contributed by atoms with Gasteiger partial charge in [0.1, 0.15) is 30.2 Å². The number of rotatable bonds is 6. The zero-order valence-corrected chi connectivity index (χ0v) is 27.8. The van der Waals surface area contributed by atoms with Crippen molar-refractivity contribution in [1.29, 1.82) is 0 Å². The summed E-state index contributed by atoms with van der Waals surface area (Å²) in [6.07, 6.45) is 0.259. The molecule has 2 aromatic carbocycles. The molecule has 0 aliphatic carbocycles. The average Bonchev–Trinajstić information content (AvgIpc) is 3.02. The fourth-order valence-electron chi connectivity index (χ4n) is 6.47. The van der Waals surface area contributed by atoms with Crippen LogP contribution in [0, 0.1) is 6.57 Å². The van der Waals surface area contributed by atoms with Gasteiger partial charge in [-0.25, -0.2) is 11.4 Å². The van der Waals surface area contributed by atoms with E-state index in [2.05, 4.69) is 50.9 Å². The number of carbonyl (C=O) groups excluding carboxylic acids is 1. The number of nitrogens with zero attached hydrogens (tertiary/aromatic N) is 7. The van der Waals surface area contributed by atoms with Crippen LogP contribution in [0.15, 0.2) is 36.4 Å². The van der Waals surface area contributed by atoms with Crippen molar-refractivity contribution in [2.24, 2.45) is 0 Å². The molecule has 1 aromatic heterocycles. The number of fused-ring (bicyclic) bond motifs is 2. The lowest BCUT2D eigenvalue weighted by atomic mass is 10.0. The third kappa shape index (κ3) is 7.09. The van der Waals surface area contributed by atoms with Gasteiger partial charge in [-0.1, -0.05) is 35.9 Å². The van der Waals surface area contributed by atoms with Gasteiger partial charge >= 0.3 is 12.1 Å². The summed E-state index contributed by atoms with van der Waals surface area (Å²) in [5.74, 6) is 0.802. The predicted molar refractivity (Wildman–Crippen MR) is 179 cm³/mol. The predicted octanol–water partition coefficient (Wildman–Crippen LogP) is 4.90. The number of halogens is 1. The lowest BCUT2D eigenvalue weighted by Crippen LogP contribution is -2.57. The van der Waals surface area contributed by atoms with Crippen LogP contribution in [0.5, 0.6) is 6.01 Å². The van der Waals surface area contributed by atoms with Crippen molar-refractivity contribution in [3.8, 4) is 6.01 Å². The molecule has 0 radical (unpaired) electrons. The van der Waals surface area contributed by atoms with E-state index in [9.17, 15) is 4.79 Å². The topological polar surface area (TPSA) is 87.9 Å². The second kappa shape index (κ2) is 13.5. The fourth-order valence-corrected chi connectivity index (χ4v) is 6.74. The van der Waals surface area contributed by atoms with Crippen molar-refractivity contribution in [2.45, 2.75) is 51.5 Å². The number of amides is 1. The van der Waals surface area contributed by atoms with E-state index in [1.54, 1.807) is 4.90 Å². The van der Waals surface area contributed by atoms with E-state index < -0.39 is 11.7 Å². The molecule has 0 saturated carbocycles. The number of anilines is 2. The maximum Gasteiger partial charge on any atom is 0.410 e. The highest BCUT2D eigenvalue weighted by atomic mass is 35.5. The van der Waals surface area contributed by atoms with E-state index in [4.69, 9.17) is 42.4 Å². The number of carbonyl (C=O) groups is 1. The van der Waals surface area contributed by atoms with Crippen LogP contribution in [0.2, 0.25) is 5.02 Å². The molecule has 2 saturated heterocycles. The molecular weight excluding hydrogens is 606 g/mol. The maximum atomic E-state index is 13.1. The van der Waals surface area contributed by atoms with Gasteiger partial charge in [0.25, 0.3) is 0 Å². The first-order valence-electron chi connectivity index (χ1n) is 15.9. The number of ether oxygens (including phenoxy) is 3. The highest BCUT2D eigenvalue weighted by Gasteiger charge is 2.37. The number of aromatic nitrogens is 2. The first-order valence-corrected chi connectivity index (χ1v) is 16.3. The Bertz CT molecular complexity index is 1620. The van der Waals surface area contributed by atoms with Crippen LogP contribution in [-0.4, -0.2) is 110 Å². The lowest BCUT2D eigenvalue weighted by Gasteiger charge is -2.41. The van der Waals surface area contributed by atoms with Crippen LogP contribution in [0.4, 0.5) is 16.3 Å². The Hall–Kier alpha value is -3.85. The molecule has 244 valence electrons. The van der Waals surface area contributed by atoms with E-state index in [1.165, 1.54) is 0 Å². The molecule has 2 fully saturated rings. The van der Waals surface area contributed by atoms with Crippen molar-refractivity contribution >= 4 is 40.0 Å².